The van der Waals surface area contributed by atoms with Gasteiger partial charge in [-0.3, -0.25) is 4.79 Å². The van der Waals surface area contributed by atoms with E-state index in [1.54, 1.807) is 23.1 Å². The number of amides is 1. The van der Waals surface area contributed by atoms with Crippen molar-refractivity contribution >= 4 is 5.91 Å². The average Bonchev–Trinajstić information content (AvgIpc) is 3.50. The Bertz CT molecular complexity index is 1220. The van der Waals surface area contributed by atoms with Crippen molar-refractivity contribution in [2.45, 2.75) is 25.7 Å². The Morgan fingerprint density at radius 1 is 0.969 bits per heavy atom. The topological polar surface area (TPSA) is 85.3 Å². The van der Waals surface area contributed by atoms with Gasteiger partial charge in [-0.1, -0.05) is 40.1 Å². The molecule has 7 nitrogen and oxygen atoms in total. The van der Waals surface area contributed by atoms with E-state index in [0.717, 1.165) is 18.4 Å². The Morgan fingerprint density at radius 2 is 1.66 bits per heavy atom. The summed E-state index contributed by atoms with van der Waals surface area (Å²) in [6.45, 7) is 3.15. The van der Waals surface area contributed by atoms with Crippen LogP contribution in [0, 0.1) is 12.7 Å². The first kappa shape index (κ1) is 20.1. The smallest absolute Gasteiger partial charge is 0.276 e. The molecule has 2 aromatic heterocycles. The number of hydrogen-bond acceptors (Lipinski definition) is 6. The summed E-state index contributed by atoms with van der Waals surface area (Å²) in [6.07, 6.45) is 1.45. The predicted molar refractivity (Wildman–Crippen MR) is 114 cm³/mol. The molecular weight excluding hydrogens is 411 g/mol. The normalized spacial score (nSPS) is 14.6. The van der Waals surface area contributed by atoms with Gasteiger partial charge in [0.1, 0.15) is 5.82 Å². The van der Waals surface area contributed by atoms with Crippen LogP contribution in [0.4, 0.5) is 4.39 Å². The van der Waals surface area contributed by atoms with Crippen molar-refractivity contribution in [1.82, 2.24) is 20.2 Å². The van der Waals surface area contributed by atoms with Crippen molar-refractivity contribution in [3.8, 4) is 22.7 Å². The second-order valence-corrected chi connectivity index (χ2v) is 7.97. The van der Waals surface area contributed by atoms with Gasteiger partial charge >= 0.3 is 0 Å². The van der Waals surface area contributed by atoms with Crippen LogP contribution in [0.5, 0.6) is 0 Å². The van der Waals surface area contributed by atoms with Crippen LogP contribution in [0.15, 0.2) is 63.6 Å². The van der Waals surface area contributed by atoms with E-state index >= 15 is 0 Å². The van der Waals surface area contributed by atoms with E-state index in [0.29, 0.717) is 36.1 Å². The number of carbonyl (C=O) groups is 1. The van der Waals surface area contributed by atoms with E-state index < -0.39 is 0 Å². The lowest BCUT2D eigenvalue weighted by Crippen LogP contribution is -2.38. The molecule has 162 valence electrons. The first-order valence-electron chi connectivity index (χ1n) is 10.5. The first-order chi connectivity index (χ1) is 15.6. The van der Waals surface area contributed by atoms with Gasteiger partial charge in [-0.2, -0.15) is 4.98 Å². The summed E-state index contributed by atoms with van der Waals surface area (Å²) >= 11 is 0. The number of hydrogen-bond donors (Lipinski definition) is 0. The van der Waals surface area contributed by atoms with Crippen LogP contribution in [-0.4, -0.2) is 39.2 Å². The molecule has 32 heavy (non-hydrogen) atoms. The van der Waals surface area contributed by atoms with Crippen LogP contribution >= 0.6 is 0 Å². The van der Waals surface area contributed by atoms with Gasteiger partial charge in [-0.25, -0.2) is 4.39 Å². The maximum Gasteiger partial charge on any atom is 0.276 e. The molecule has 0 atom stereocenters. The molecule has 1 aliphatic rings. The summed E-state index contributed by atoms with van der Waals surface area (Å²) in [5.74, 6) is 1.20. The fourth-order valence-electron chi connectivity index (χ4n) is 3.84. The third-order valence-corrected chi connectivity index (χ3v) is 5.74. The Morgan fingerprint density at radius 3 is 2.38 bits per heavy atom. The number of benzene rings is 2. The summed E-state index contributed by atoms with van der Waals surface area (Å²) in [5, 5.41) is 8.03. The molecule has 0 unspecified atom stereocenters. The third-order valence-electron chi connectivity index (χ3n) is 5.74. The molecule has 0 radical (unpaired) electrons. The minimum Gasteiger partial charge on any atom is -0.355 e. The molecule has 1 saturated heterocycles. The molecule has 1 amide bonds. The standard InChI is InChI=1S/C24H21FN4O3/c1-15-2-4-17(5-3-15)22-26-23(32-28-22)18-10-12-29(13-11-18)24(30)20-14-21(31-27-20)16-6-8-19(25)9-7-16/h2-9,14,18H,10-13H2,1H3. The Kier molecular flexibility index (Phi) is 5.26. The van der Waals surface area contributed by atoms with E-state index in [9.17, 15) is 9.18 Å². The molecule has 1 aliphatic heterocycles. The number of piperidine rings is 1. The lowest BCUT2D eigenvalue weighted by atomic mass is 9.96. The van der Waals surface area contributed by atoms with Crippen molar-refractivity contribution in [2.75, 3.05) is 13.1 Å². The molecular formula is C24H21FN4O3. The molecule has 0 spiro atoms. The lowest BCUT2D eigenvalue weighted by molar-refractivity contribution is 0.0694. The third kappa shape index (κ3) is 4.03. The zero-order valence-corrected chi connectivity index (χ0v) is 17.5. The number of halogens is 1. The molecule has 1 fully saturated rings. The molecule has 2 aromatic carbocycles. The van der Waals surface area contributed by atoms with Crippen LogP contribution in [0.1, 0.15) is 40.7 Å². The van der Waals surface area contributed by atoms with E-state index in [4.69, 9.17) is 9.05 Å². The molecule has 0 bridgehead atoms. The minimum absolute atomic E-state index is 0.109. The van der Waals surface area contributed by atoms with Gasteiger partial charge < -0.3 is 13.9 Å². The van der Waals surface area contributed by atoms with Gasteiger partial charge in [-0.05, 0) is 44.0 Å². The maximum absolute atomic E-state index is 13.1. The highest BCUT2D eigenvalue weighted by Gasteiger charge is 2.29. The second-order valence-electron chi connectivity index (χ2n) is 7.97. The van der Waals surface area contributed by atoms with Gasteiger partial charge in [0, 0.05) is 36.2 Å². The van der Waals surface area contributed by atoms with E-state index in [2.05, 4.69) is 15.3 Å². The van der Waals surface area contributed by atoms with Crippen molar-refractivity contribution in [1.29, 1.82) is 0 Å². The second kappa shape index (κ2) is 8.37. The molecule has 3 heterocycles. The van der Waals surface area contributed by atoms with Gasteiger partial charge in [0.05, 0.1) is 0 Å². The number of rotatable bonds is 4. The minimum atomic E-state index is -0.334. The summed E-state index contributed by atoms with van der Waals surface area (Å²) < 4.78 is 23.9. The van der Waals surface area contributed by atoms with Crippen LogP contribution in [-0.2, 0) is 0 Å². The monoisotopic (exact) mass is 432 g/mol. The molecule has 5 rings (SSSR count). The van der Waals surface area contributed by atoms with Crippen LogP contribution in [0.2, 0.25) is 0 Å². The van der Waals surface area contributed by atoms with Crippen molar-refractivity contribution < 1.29 is 18.2 Å². The highest BCUT2D eigenvalue weighted by molar-refractivity contribution is 5.93. The highest BCUT2D eigenvalue weighted by atomic mass is 19.1. The van der Waals surface area contributed by atoms with Crippen LogP contribution in [0.3, 0.4) is 0 Å². The number of aromatic nitrogens is 3. The number of carbonyl (C=O) groups excluding carboxylic acids is 1. The number of aryl methyl sites for hydroxylation is 1. The maximum atomic E-state index is 13.1. The van der Waals surface area contributed by atoms with Gasteiger partial charge in [0.15, 0.2) is 11.5 Å². The summed E-state index contributed by atoms with van der Waals surface area (Å²) in [7, 11) is 0. The summed E-state index contributed by atoms with van der Waals surface area (Å²) in [5.41, 5.74) is 2.99. The van der Waals surface area contributed by atoms with Gasteiger partial charge in [0.25, 0.3) is 5.91 Å². The van der Waals surface area contributed by atoms with Crippen LogP contribution < -0.4 is 0 Å². The van der Waals surface area contributed by atoms with Gasteiger partial charge in [-0.15, -0.1) is 0 Å². The highest BCUT2D eigenvalue weighted by Crippen LogP contribution is 2.29. The summed E-state index contributed by atoms with van der Waals surface area (Å²) in [6, 6.07) is 15.4. The molecule has 0 N–H and O–H groups in total. The molecule has 0 saturated carbocycles. The number of nitrogens with zero attached hydrogens (tertiary/aromatic N) is 4. The Balaban J connectivity index is 1.22. The SMILES string of the molecule is Cc1ccc(-c2noc(C3CCN(C(=O)c4cc(-c5ccc(F)cc5)on4)CC3)n2)cc1. The lowest BCUT2D eigenvalue weighted by Gasteiger charge is -2.29. The zero-order chi connectivity index (χ0) is 22.1. The Labute approximate surface area is 183 Å². The first-order valence-corrected chi connectivity index (χ1v) is 10.5. The zero-order valence-electron chi connectivity index (χ0n) is 17.5. The largest absolute Gasteiger partial charge is 0.355 e. The Hall–Kier alpha value is -3.81. The fraction of sp³-hybridized carbons (Fsp3) is 0.250. The molecule has 0 aliphatic carbocycles. The van der Waals surface area contributed by atoms with E-state index in [-0.39, 0.29) is 23.3 Å². The quantitative estimate of drug-likeness (QED) is 0.458. The average molecular weight is 432 g/mol. The van der Waals surface area contributed by atoms with Crippen LogP contribution in [0.25, 0.3) is 22.7 Å². The van der Waals surface area contributed by atoms with Crippen molar-refractivity contribution in [3.05, 3.63) is 77.6 Å². The predicted octanol–water partition coefficient (Wildman–Crippen LogP) is 4.86. The molecule has 8 heteroatoms. The van der Waals surface area contributed by atoms with E-state index in [1.165, 1.54) is 17.7 Å². The van der Waals surface area contributed by atoms with Crippen molar-refractivity contribution in [2.24, 2.45) is 0 Å². The van der Waals surface area contributed by atoms with E-state index in [1.807, 2.05) is 31.2 Å². The fourth-order valence-corrected chi connectivity index (χ4v) is 3.84. The molecule has 4 aromatic rings. The van der Waals surface area contributed by atoms with Crippen molar-refractivity contribution in [3.63, 3.8) is 0 Å². The number of likely N-dealkylation sites (tertiary alicyclic amines) is 1. The van der Waals surface area contributed by atoms with Gasteiger partial charge in [0.2, 0.25) is 11.7 Å². The summed E-state index contributed by atoms with van der Waals surface area (Å²) in [4.78, 5) is 19.2.